The van der Waals surface area contributed by atoms with E-state index in [-0.39, 0.29) is 29.7 Å². The van der Waals surface area contributed by atoms with Crippen LogP contribution in [-0.4, -0.2) is 52.2 Å². The largest absolute Gasteiger partial charge is 0.325 e. The van der Waals surface area contributed by atoms with Crippen molar-refractivity contribution in [2.24, 2.45) is 5.73 Å². The van der Waals surface area contributed by atoms with Gasteiger partial charge in [-0.1, -0.05) is 19.1 Å². The zero-order valence-electron chi connectivity index (χ0n) is 16.4. The molecule has 2 saturated heterocycles. The summed E-state index contributed by atoms with van der Waals surface area (Å²) in [5.41, 5.74) is 9.17. The van der Waals surface area contributed by atoms with E-state index in [1.807, 2.05) is 12.1 Å². The molecule has 1 atom stereocenters. The molecule has 150 valence electrons. The molecule has 0 bridgehead atoms. The smallest absolute Gasteiger partial charge is 0.255 e. The highest BCUT2D eigenvalue weighted by atomic mass is 16.2. The van der Waals surface area contributed by atoms with Gasteiger partial charge in [0.05, 0.1) is 0 Å². The van der Waals surface area contributed by atoms with E-state index in [0.29, 0.717) is 18.5 Å². The SMILES string of the molecule is CCC1(N)CCN(Cc2ccc3c(c2)CN(C2CCC(=O)NC2=O)C3=O)CC1. The zero-order valence-corrected chi connectivity index (χ0v) is 16.4. The summed E-state index contributed by atoms with van der Waals surface area (Å²) >= 11 is 0. The summed E-state index contributed by atoms with van der Waals surface area (Å²) in [6, 6.07) is 5.41. The molecule has 0 spiro atoms. The molecule has 1 aromatic carbocycles. The first kappa shape index (κ1) is 19.1. The van der Waals surface area contributed by atoms with Gasteiger partial charge in [0.1, 0.15) is 6.04 Å². The minimum Gasteiger partial charge on any atom is -0.325 e. The van der Waals surface area contributed by atoms with E-state index in [4.69, 9.17) is 5.73 Å². The quantitative estimate of drug-likeness (QED) is 0.760. The second-order valence-corrected chi connectivity index (χ2v) is 8.38. The number of carbonyl (C=O) groups excluding carboxylic acids is 3. The molecule has 7 nitrogen and oxygen atoms in total. The molecule has 3 heterocycles. The number of nitrogens with two attached hydrogens (primary N) is 1. The minimum atomic E-state index is -0.560. The number of likely N-dealkylation sites (tertiary alicyclic amines) is 1. The molecule has 0 aliphatic carbocycles. The first-order valence-corrected chi connectivity index (χ1v) is 10.2. The number of hydrogen-bond acceptors (Lipinski definition) is 5. The first-order chi connectivity index (χ1) is 13.4. The summed E-state index contributed by atoms with van der Waals surface area (Å²) in [6.45, 7) is 5.41. The van der Waals surface area contributed by atoms with E-state index >= 15 is 0 Å². The number of nitrogens with zero attached hydrogens (tertiary/aromatic N) is 2. The lowest BCUT2D eigenvalue weighted by molar-refractivity contribution is -0.136. The van der Waals surface area contributed by atoms with Gasteiger partial charge in [-0.3, -0.25) is 24.6 Å². The van der Waals surface area contributed by atoms with Crippen molar-refractivity contribution < 1.29 is 14.4 Å². The second-order valence-electron chi connectivity index (χ2n) is 8.38. The standard InChI is InChI=1S/C21H28N4O3/c1-2-21(22)7-9-24(10-8-21)12-14-3-4-16-15(11-14)13-25(20(16)28)17-5-6-18(26)23-19(17)27/h3-4,11,17H,2,5-10,12-13,22H2,1H3,(H,23,26,27). The highest BCUT2D eigenvalue weighted by molar-refractivity contribution is 6.05. The normalized spacial score (nSPS) is 25.0. The van der Waals surface area contributed by atoms with Crippen molar-refractivity contribution in [1.29, 1.82) is 0 Å². The Hall–Kier alpha value is -2.25. The summed E-state index contributed by atoms with van der Waals surface area (Å²) in [4.78, 5) is 40.3. The Balaban J connectivity index is 1.43. The van der Waals surface area contributed by atoms with Crippen LogP contribution in [0.2, 0.25) is 0 Å². The third-order valence-electron chi connectivity index (χ3n) is 6.55. The lowest BCUT2D eigenvalue weighted by atomic mass is 9.86. The van der Waals surface area contributed by atoms with Crippen LogP contribution in [0.4, 0.5) is 0 Å². The molecule has 2 fully saturated rings. The Labute approximate surface area is 165 Å². The maximum absolute atomic E-state index is 12.8. The van der Waals surface area contributed by atoms with Crippen LogP contribution >= 0.6 is 0 Å². The number of fused-ring (bicyclic) bond motifs is 1. The number of piperidine rings is 2. The van der Waals surface area contributed by atoms with Gasteiger partial charge in [-0.2, -0.15) is 0 Å². The molecule has 4 rings (SSSR count). The highest BCUT2D eigenvalue weighted by Crippen LogP contribution is 2.29. The van der Waals surface area contributed by atoms with Crippen LogP contribution < -0.4 is 11.1 Å². The van der Waals surface area contributed by atoms with Crippen molar-refractivity contribution in [2.45, 2.75) is 63.7 Å². The van der Waals surface area contributed by atoms with Crippen LogP contribution in [0.1, 0.15) is 60.5 Å². The minimum absolute atomic E-state index is 0.0245. The van der Waals surface area contributed by atoms with Crippen LogP contribution in [0.15, 0.2) is 18.2 Å². The zero-order chi connectivity index (χ0) is 19.9. The average molecular weight is 384 g/mol. The number of carbonyl (C=O) groups is 3. The fourth-order valence-corrected chi connectivity index (χ4v) is 4.49. The maximum Gasteiger partial charge on any atom is 0.255 e. The van der Waals surface area contributed by atoms with Gasteiger partial charge in [0.15, 0.2) is 0 Å². The maximum atomic E-state index is 12.8. The number of hydrogen-bond donors (Lipinski definition) is 2. The van der Waals surface area contributed by atoms with E-state index in [9.17, 15) is 14.4 Å². The monoisotopic (exact) mass is 384 g/mol. The van der Waals surface area contributed by atoms with Gasteiger partial charge in [0, 0.05) is 43.7 Å². The third-order valence-corrected chi connectivity index (χ3v) is 6.55. The lowest BCUT2D eigenvalue weighted by Gasteiger charge is -2.38. The van der Waals surface area contributed by atoms with Crippen LogP contribution in [0.3, 0.4) is 0 Å². The van der Waals surface area contributed by atoms with Crippen molar-refractivity contribution in [3.8, 4) is 0 Å². The molecule has 0 saturated carbocycles. The predicted molar refractivity (Wildman–Crippen MR) is 104 cm³/mol. The van der Waals surface area contributed by atoms with Gasteiger partial charge in [0.2, 0.25) is 11.8 Å². The third kappa shape index (κ3) is 3.56. The van der Waals surface area contributed by atoms with Crippen molar-refractivity contribution in [1.82, 2.24) is 15.1 Å². The molecule has 3 amide bonds. The highest BCUT2D eigenvalue weighted by Gasteiger charge is 2.39. The average Bonchev–Trinajstić information content (AvgIpc) is 3.00. The van der Waals surface area contributed by atoms with Gasteiger partial charge < -0.3 is 10.6 Å². The van der Waals surface area contributed by atoms with Crippen molar-refractivity contribution in [2.75, 3.05) is 13.1 Å². The summed E-state index contributed by atoms with van der Waals surface area (Å²) in [7, 11) is 0. The fraction of sp³-hybridized carbons (Fsp3) is 0.571. The summed E-state index contributed by atoms with van der Waals surface area (Å²) in [6.07, 6.45) is 3.70. The van der Waals surface area contributed by atoms with Crippen LogP contribution in [0.25, 0.3) is 0 Å². The molecule has 1 unspecified atom stereocenters. The molecule has 0 radical (unpaired) electrons. The van der Waals surface area contributed by atoms with Gasteiger partial charge >= 0.3 is 0 Å². The van der Waals surface area contributed by atoms with Crippen molar-refractivity contribution in [3.05, 3.63) is 34.9 Å². The van der Waals surface area contributed by atoms with Gasteiger partial charge in [0.25, 0.3) is 5.91 Å². The number of nitrogens with one attached hydrogen (secondary N) is 1. The van der Waals surface area contributed by atoms with E-state index in [0.717, 1.165) is 44.5 Å². The molecular formula is C21H28N4O3. The Kier molecular flexibility index (Phi) is 4.97. The van der Waals surface area contributed by atoms with Crippen molar-refractivity contribution in [3.63, 3.8) is 0 Å². The summed E-state index contributed by atoms with van der Waals surface area (Å²) in [5, 5.41) is 2.34. The Morgan fingerprint density at radius 1 is 1.21 bits per heavy atom. The Morgan fingerprint density at radius 3 is 2.64 bits per heavy atom. The number of benzene rings is 1. The molecule has 3 aliphatic heterocycles. The first-order valence-electron chi connectivity index (χ1n) is 10.2. The van der Waals surface area contributed by atoms with Crippen LogP contribution in [-0.2, 0) is 22.7 Å². The Morgan fingerprint density at radius 2 is 1.96 bits per heavy atom. The van der Waals surface area contributed by atoms with Crippen LogP contribution in [0.5, 0.6) is 0 Å². The predicted octanol–water partition coefficient (Wildman–Crippen LogP) is 1.15. The molecule has 28 heavy (non-hydrogen) atoms. The van der Waals surface area contributed by atoms with E-state index in [1.54, 1.807) is 4.90 Å². The number of imide groups is 1. The van der Waals surface area contributed by atoms with Gasteiger partial charge in [-0.25, -0.2) is 0 Å². The van der Waals surface area contributed by atoms with E-state index < -0.39 is 6.04 Å². The molecular weight excluding hydrogens is 356 g/mol. The summed E-state index contributed by atoms with van der Waals surface area (Å²) in [5.74, 6) is -0.754. The van der Waals surface area contributed by atoms with Gasteiger partial charge in [-0.05, 0) is 42.9 Å². The van der Waals surface area contributed by atoms with Crippen LogP contribution in [0, 0.1) is 0 Å². The molecule has 7 heteroatoms. The summed E-state index contributed by atoms with van der Waals surface area (Å²) < 4.78 is 0. The van der Waals surface area contributed by atoms with E-state index in [1.165, 1.54) is 5.56 Å². The molecule has 3 aliphatic rings. The second kappa shape index (κ2) is 7.29. The number of amides is 3. The number of rotatable bonds is 4. The topological polar surface area (TPSA) is 95.7 Å². The van der Waals surface area contributed by atoms with Gasteiger partial charge in [-0.15, -0.1) is 0 Å². The molecule has 3 N–H and O–H groups in total. The fourth-order valence-electron chi connectivity index (χ4n) is 4.49. The van der Waals surface area contributed by atoms with Crippen molar-refractivity contribution >= 4 is 17.7 Å². The van der Waals surface area contributed by atoms with E-state index in [2.05, 4.69) is 23.2 Å². The molecule has 0 aromatic heterocycles. The lowest BCUT2D eigenvalue weighted by Crippen LogP contribution is -2.52. The molecule has 1 aromatic rings. The Bertz CT molecular complexity index is 814.